The number of aromatic carboxylic acids is 1. The van der Waals surface area contributed by atoms with Crippen LogP contribution in [-0.4, -0.2) is 23.7 Å². The van der Waals surface area contributed by atoms with Gasteiger partial charge in [0.2, 0.25) is 0 Å². The second-order valence-electron chi connectivity index (χ2n) is 4.70. The van der Waals surface area contributed by atoms with E-state index in [0.717, 1.165) is 0 Å². The summed E-state index contributed by atoms with van der Waals surface area (Å²) in [6.45, 7) is 3.73. The van der Waals surface area contributed by atoms with Crippen LogP contribution in [0.4, 0.5) is 0 Å². The van der Waals surface area contributed by atoms with Crippen molar-refractivity contribution in [2.75, 3.05) is 6.61 Å². The second kappa shape index (κ2) is 6.57. The lowest BCUT2D eigenvalue weighted by Crippen LogP contribution is -2.45. The van der Waals surface area contributed by atoms with E-state index in [-0.39, 0.29) is 12.2 Å². The summed E-state index contributed by atoms with van der Waals surface area (Å²) in [7, 11) is 0. The van der Waals surface area contributed by atoms with Crippen molar-refractivity contribution < 1.29 is 19.4 Å². The summed E-state index contributed by atoms with van der Waals surface area (Å²) >= 11 is 5.12. The molecule has 0 unspecified atom stereocenters. The third-order valence-electron chi connectivity index (χ3n) is 3.24. The van der Waals surface area contributed by atoms with Gasteiger partial charge in [0.1, 0.15) is 0 Å². The predicted octanol–water partition coefficient (Wildman–Crippen LogP) is 0.406. The Bertz CT molecular complexity index is 652. The second-order valence-corrected chi connectivity index (χ2v) is 5.11. The molecule has 0 spiro atoms. The highest BCUT2D eigenvalue weighted by Gasteiger charge is 2.30. The number of carboxylic acids is 1. The maximum atomic E-state index is 12.2. The van der Waals surface area contributed by atoms with Crippen molar-refractivity contribution in [3.63, 3.8) is 0 Å². The van der Waals surface area contributed by atoms with Gasteiger partial charge in [-0.1, -0.05) is 24.3 Å². The van der Waals surface area contributed by atoms with E-state index in [2.05, 4.69) is 10.6 Å². The van der Waals surface area contributed by atoms with Gasteiger partial charge in [0.25, 0.3) is 0 Å². The number of hydrogen-bond donors (Lipinski definition) is 2. The van der Waals surface area contributed by atoms with Gasteiger partial charge in [-0.15, -0.1) is 0 Å². The summed E-state index contributed by atoms with van der Waals surface area (Å²) in [4.78, 5) is 23.0. The van der Waals surface area contributed by atoms with Crippen LogP contribution in [0.1, 0.15) is 35.8 Å². The number of carboxylic acid groups (broad SMARTS) is 1. The van der Waals surface area contributed by atoms with Crippen LogP contribution in [0.5, 0.6) is 0 Å². The van der Waals surface area contributed by atoms with Gasteiger partial charge >= 0.3 is 5.97 Å². The number of allylic oxidation sites excluding steroid dienone is 1. The number of rotatable bonds is 4. The zero-order chi connectivity index (χ0) is 16.3. The molecule has 0 radical (unpaired) electrons. The van der Waals surface area contributed by atoms with Crippen molar-refractivity contribution in [3.05, 3.63) is 46.7 Å². The molecule has 0 bridgehead atoms. The smallest absolute Gasteiger partial charge is 0.338 e. The molecule has 0 saturated heterocycles. The molecule has 1 atom stereocenters. The summed E-state index contributed by atoms with van der Waals surface area (Å²) in [6.07, 6.45) is 0. The first-order valence-electron chi connectivity index (χ1n) is 6.70. The Labute approximate surface area is 133 Å². The van der Waals surface area contributed by atoms with E-state index in [1.807, 2.05) is 0 Å². The van der Waals surface area contributed by atoms with Crippen LogP contribution in [0.3, 0.4) is 0 Å². The highest BCUT2D eigenvalue weighted by molar-refractivity contribution is 7.80. The lowest BCUT2D eigenvalue weighted by molar-refractivity contribution is -0.255. The zero-order valence-corrected chi connectivity index (χ0v) is 13.0. The predicted molar refractivity (Wildman–Crippen MR) is 81.7 cm³/mol. The average Bonchev–Trinajstić information content (AvgIpc) is 2.46. The van der Waals surface area contributed by atoms with Crippen molar-refractivity contribution in [2.45, 2.75) is 19.9 Å². The minimum Gasteiger partial charge on any atom is -0.545 e. The number of carbonyl (C=O) groups excluding carboxylic acids is 2. The number of thiocarbonyl (C=S) groups is 1. The molecule has 7 heteroatoms. The molecule has 116 valence electrons. The fourth-order valence-electron chi connectivity index (χ4n) is 2.23. The number of carbonyl (C=O) groups is 2. The highest BCUT2D eigenvalue weighted by Crippen LogP contribution is 2.27. The Morgan fingerprint density at radius 3 is 2.50 bits per heavy atom. The first kappa shape index (κ1) is 16.0. The topological polar surface area (TPSA) is 90.5 Å². The molecule has 1 aromatic rings. The fourth-order valence-corrected chi connectivity index (χ4v) is 2.51. The van der Waals surface area contributed by atoms with E-state index in [1.165, 1.54) is 12.1 Å². The molecule has 0 aromatic heterocycles. The number of esters is 1. The molecule has 2 N–H and O–H groups in total. The van der Waals surface area contributed by atoms with Crippen molar-refractivity contribution in [3.8, 4) is 0 Å². The van der Waals surface area contributed by atoms with Gasteiger partial charge in [-0.05, 0) is 37.2 Å². The first-order valence-corrected chi connectivity index (χ1v) is 7.11. The summed E-state index contributed by atoms with van der Waals surface area (Å²) in [5.41, 5.74) is 1.79. The van der Waals surface area contributed by atoms with Crippen molar-refractivity contribution in [2.24, 2.45) is 0 Å². The summed E-state index contributed by atoms with van der Waals surface area (Å²) < 4.78 is 5.08. The van der Waals surface area contributed by atoms with E-state index < -0.39 is 18.0 Å². The van der Waals surface area contributed by atoms with Crippen LogP contribution in [0.15, 0.2) is 35.5 Å². The lowest BCUT2D eigenvalue weighted by Gasteiger charge is -2.29. The fraction of sp³-hybridized carbons (Fsp3) is 0.267. The molecule has 1 heterocycles. The van der Waals surface area contributed by atoms with E-state index in [0.29, 0.717) is 21.9 Å². The van der Waals surface area contributed by atoms with Gasteiger partial charge in [0.05, 0.1) is 24.2 Å². The van der Waals surface area contributed by atoms with Crippen LogP contribution in [-0.2, 0) is 9.53 Å². The lowest BCUT2D eigenvalue weighted by atomic mass is 9.95. The van der Waals surface area contributed by atoms with Gasteiger partial charge < -0.3 is 25.3 Å². The minimum atomic E-state index is -1.25. The van der Waals surface area contributed by atoms with E-state index in [9.17, 15) is 14.7 Å². The largest absolute Gasteiger partial charge is 0.545 e. The van der Waals surface area contributed by atoms with Gasteiger partial charge in [-0.2, -0.15) is 0 Å². The van der Waals surface area contributed by atoms with E-state index in [4.69, 9.17) is 17.0 Å². The Kier molecular flexibility index (Phi) is 4.77. The third kappa shape index (κ3) is 3.25. The quantitative estimate of drug-likeness (QED) is 0.613. The van der Waals surface area contributed by atoms with E-state index >= 15 is 0 Å². The molecule has 0 fully saturated rings. The number of hydrogen-bond acceptors (Lipinski definition) is 5. The normalized spacial score (nSPS) is 17.5. The monoisotopic (exact) mass is 319 g/mol. The van der Waals surface area contributed by atoms with Crippen LogP contribution < -0.4 is 15.7 Å². The van der Waals surface area contributed by atoms with E-state index in [1.54, 1.807) is 26.0 Å². The molecular formula is C15H15N2O4S-. The van der Waals surface area contributed by atoms with Gasteiger partial charge in [-0.25, -0.2) is 4.79 Å². The van der Waals surface area contributed by atoms with Crippen LogP contribution >= 0.6 is 12.2 Å². The Hall–Kier alpha value is -2.41. The highest BCUT2D eigenvalue weighted by atomic mass is 32.1. The molecule has 1 aliphatic heterocycles. The average molecular weight is 319 g/mol. The maximum Gasteiger partial charge on any atom is 0.338 e. The van der Waals surface area contributed by atoms with Gasteiger partial charge in [0.15, 0.2) is 5.11 Å². The van der Waals surface area contributed by atoms with Crippen LogP contribution in [0.2, 0.25) is 0 Å². The molecule has 22 heavy (non-hydrogen) atoms. The van der Waals surface area contributed by atoms with Crippen molar-refractivity contribution >= 4 is 29.3 Å². The summed E-state index contributed by atoms with van der Waals surface area (Å²) in [5.74, 6) is -1.70. The Morgan fingerprint density at radius 2 is 1.95 bits per heavy atom. The molecule has 0 amide bonds. The molecular weight excluding hydrogens is 304 g/mol. The SMILES string of the molecule is CCOC(=O)C1=C(C)NC(=S)N[C@@H]1c1ccc(C(=O)[O-])cc1. The van der Waals surface area contributed by atoms with Crippen LogP contribution in [0.25, 0.3) is 0 Å². The van der Waals surface area contributed by atoms with Gasteiger partial charge in [-0.3, -0.25) is 0 Å². The molecule has 1 aromatic carbocycles. The standard InChI is InChI=1S/C15H16N2O4S/c1-3-21-14(20)11-8(2)16-15(22)17-12(11)9-4-6-10(7-5-9)13(18)19/h4-7,12H,3H2,1-2H3,(H,18,19)(H2,16,17,22)/p-1/t12-/m1/s1. The molecule has 2 rings (SSSR count). The molecule has 1 aliphatic rings. The minimum absolute atomic E-state index is 0.0682. The van der Waals surface area contributed by atoms with Crippen molar-refractivity contribution in [1.29, 1.82) is 0 Å². The molecule has 6 nitrogen and oxygen atoms in total. The summed E-state index contributed by atoms with van der Waals surface area (Å²) in [6, 6.07) is 5.58. The molecule has 0 saturated carbocycles. The summed E-state index contributed by atoms with van der Waals surface area (Å²) in [5, 5.41) is 17.1. The molecule has 0 aliphatic carbocycles. The number of ether oxygens (including phenoxy) is 1. The Morgan fingerprint density at radius 1 is 1.32 bits per heavy atom. The van der Waals surface area contributed by atoms with Crippen molar-refractivity contribution in [1.82, 2.24) is 10.6 Å². The first-order chi connectivity index (χ1) is 10.4. The zero-order valence-electron chi connectivity index (χ0n) is 12.1. The maximum absolute atomic E-state index is 12.2. The van der Waals surface area contributed by atoms with Gasteiger partial charge in [0, 0.05) is 5.70 Å². The van der Waals surface area contributed by atoms with Crippen LogP contribution in [0, 0.1) is 0 Å². The number of benzene rings is 1. The third-order valence-corrected chi connectivity index (χ3v) is 3.46. The Balaban J connectivity index is 2.40. The number of nitrogens with one attached hydrogen (secondary N) is 2.